The molecule has 0 unspecified atom stereocenters. The minimum Gasteiger partial charge on any atom is -0.389 e. The lowest BCUT2D eigenvalue weighted by atomic mass is 10.2. The summed E-state index contributed by atoms with van der Waals surface area (Å²) in [6, 6.07) is 21.7. The zero-order valence-electron chi connectivity index (χ0n) is 11.2. The van der Waals surface area contributed by atoms with Crippen molar-refractivity contribution in [2.45, 2.75) is 10.6 Å². The van der Waals surface area contributed by atoms with Gasteiger partial charge in [0.25, 0.3) is 0 Å². The molecule has 0 aliphatic heterocycles. The predicted molar refractivity (Wildman–Crippen MR) is 79.7 cm³/mol. The molecule has 0 N–H and O–H groups in total. The van der Waals surface area contributed by atoms with Gasteiger partial charge < -0.3 is 3.88 Å². The third-order valence-corrected chi connectivity index (χ3v) is 6.70. The summed E-state index contributed by atoms with van der Waals surface area (Å²) in [5.74, 6) is 0. The van der Waals surface area contributed by atoms with E-state index in [1.807, 2.05) is 0 Å². The van der Waals surface area contributed by atoms with Gasteiger partial charge in [0.05, 0.1) is 0 Å². The maximum Gasteiger partial charge on any atom is 0.381 e. The zero-order chi connectivity index (χ0) is 12.8. The summed E-state index contributed by atoms with van der Waals surface area (Å²) in [6.45, 7) is 0. The molecule has 0 amide bonds. The van der Waals surface area contributed by atoms with E-state index in [9.17, 15) is 0 Å². The van der Waals surface area contributed by atoms with Crippen LogP contribution in [0.1, 0.15) is 11.1 Å². The van der Waals surface area contributed by atoms with Crippen LogP contribution < -0.4 is 0 Å². The third-order valence-electron chi connectivity index (χ3n) is 3.36. The summed E-state index contributed by atoms with van der Waals surface area (Å²) < 4.78 is 2.46. The van der Waals surface area contributed by atoms with Gasteiger partial charge >= 0.3 is 14.4 Å². The number of rotatable bonds is 5. The van der Waals surface area contributed by atoms with Crippen LogP contribution in [-0.4, -0.2) is 32.3 Å². The molecule has 0 bridgehead atoms. The highest BCUT2D eigenvalue weighted by molar-refractivity contribution is 6.54. The molecule has 2 heteroatoms. The molecule has 0 saturated carbocycles. The maximum absolute atomic E-state index is 2.46. The first-order chi connectivity index (χ1) is 8.75. The highest BCUT2D eigenvalue weighted by Gasteiger charge is 2.21. The molecule has 0 saturated heterocycles. The van der Waals surface area contributed by atoms with E-state index in [0.717, 1.165) is 0 Å². The van der Waals surface area contributed by atoms with Crippen LogP contribution in [0.15, 0.2) is 60.7 Å². The molecule has 0 atom stereocenters. The highest BCUT2D eigenvalue weighted by atomic mass is 27.2. The molecule has 0 radical (unpaired) electrons. The van der Waals surface area contributed by atoms with E-state index < -0.39 is 14.4 Å². The van der Waals surface area contributed by atoms with Gasteiger partial charge in [-0.05, 0) is 14.1 Å². The van der Waals surface area contributed by atoms with Gasteiger partial charge in [0.2, 0.25) is 0 Å². The highest BCUT2D eigenvalue weighted by Crippen LogP contribution is 2.09. The van der Waals surface area contributed by atoms with Gasteiger partial charge in [-0.1, -0.05) is 82.4 Å². The first kappa shape index (κ1) is 13.4. The first-order valence-electron chi connectivity index (χ1n) is 6.50. The molecular weight excluding hydrogens is 233 g/mol. The zero-order valence-corrected chi connectivity index (χ0v) is 12.4. The molecule has 2 rings (SSSR count). The van der Waals surface area contributed by atoms with E-state index in [1.165, 1.54) is 21.7 Å². The molecule has 92 valence electrons. The summed E-state index contributed by atoms with van der Waals surface area (Å²) in [4.78, 5) is 0. The van der Waals surface area contributed by atoms with Crippen LogP contribution in [0.25, 0.3) is 0 Å². The summed E-state index contributed by atoms with van der Waals surface area (Å²) in [7, 11) is 4.45. The Morgan fingerprint density at radius 1 is 0.722 bits per heavy atom. The molecule has 18 heavy (non-hydrogen) atoms. The lowest BCUT2D eigenvalue weighted by Gasteiger charge is -2.19. The van der Waals surface area contributed by atoms with Crippen molar-refractivity contribution in [2.24, 2.45) is 0 Å². The van der Waals surface area contributed by atoms with Crippen molar-refractivity contribution in [1.29, 1.82) is 0 Å². The second-order valence-corrected chi connectivity index (χ2v) is 8.15. The monoisotopic (exact) mass is 253 g/mol. The quantitative estimate of drug-likeness (QED) is 0.740. The Bertz CT molecular complexity index is 412. The summed E-state index contributed by atoms with van der Waals surface area (Å²) in [5, 5.41) is 2.48. The second kappa shape index (κ2) is 6.76. The van der Waals surface area contributed by atoms with Gasteiger partial charge in [-0.3, -0.25) is 0 Å². The Morgan fingerprint density at radius 2 is 1.11 bits per heavy atom. The summed E-state index contributed by atoms with van der Waals surface area (Å²) >= 11 is -0.927. The minimum atomic E-state index is -0.927. The number of benzene rings is 2. The SMILES string of the molecule is C[N](C)[Al]([CH2]c1ccccc1)[CH2]c1ccccc1. The van der Waals surface area contributed by atoms with E-state index in [2.05, 4.69) is 78.6 Å². The van der Waals surface area contributed by atoms with Crippen molar-refractivity contribution in [1.82, 2.24) is 3.88 Å². The normalized spacial score (nSPS) is 10.6. The Balaban J connectivity index is 2.05. The van der Waals surface area contributed by atoms with Gasteiger partial charge in [0, 0.05) is 0 Å². The standard InChI is InChI=1S/2C7H7.C2H6N.Al/c2*1-7-5-3-2-4-6-7;1-3-2;/h2*2-6H,1H2;1-2H3;/q;;-1;+1. The van der Waals surface area contributed by atoms with E-state index in [0.29, 0.717) is 0 Å². The second-order valence-electron chi connectivity index (χ2n) is 5.00. The van der Waals surface area contributed by atoms with Crippen LogP contribution in [0.5, 0.6) is 0 Å². The molecular formula is C16H20AlN. The number of hydrogen-bond donors (Lipinski definition) is 0. The molecule has 0 fully saturated rings. The Morgan fingerprint density at radius 3 is 1.44 bits per heavy atom. The van der Waals surface area contributed by atoms with Gasteiger partial charge in [0.1, 0.15) is 0 Å². The molecule has 1 nitrogen and oxygen atoms in total. The molecule has 0 spiro atoms. The van der Waals surface area contributed by atoms with Crippen molar-refractivity contribution in [3.05, 3.63) is 71.8 Å². The molecule has 0 aromatic heterocycles. The van der Waals surface area contributed by atoms with Crippen molar-refractivity contribution >= 4 is 14.4 Å². The minimum absolute atomic E-state index is 0.927. The fraction of sp³-hybridized carbons (Fsp3) is 0.250. The first-order valence-corrected chi connectivity index (χ1v) is 8.65. The van der Waals surface area contributed by atoms with Crippen LogP contribution in [0.3, 0.4) is 0 Å². The van der Waals surface area contributed by atoms with Gasteiger partial charge in [-0.25, -0.2) is 0 Å². The van der Waals surface area contributed by atoms with Crippen LogP contribution in [0.4, 0.5) is 0 Å². The molecule has 2 aromatic carbocycles. The fourth-order valence-corrected chi connectivity index (χ4v) is 4.72. The maximum atomic E-state index is 2.46. The largest absolute Gasteiger partial charge is 0.389 e. The van der Waals surface area contributed by atoms with E-state index in [1.54, 1.807) is 0 Å². The average Bonchev–Trinajstić information content (AvgIpc) is 2.40. The fourth-order valence-electron chi connectivity index (χ4n) is 2.21. The Labute approximate surface area is 115 Å². The van der Waals surface area contributed by atoms with E-state index in [-0.39, 0.29) is 0 Å². The Kier molecular flexibility index (Phi) is 5.02. The average molecular weight is 253 g/mol. The molecule has 0 heterocycles. The third kappa shape index (κ3) is 4.00. The topological polar surface area (TPSA) is 3.24 Å². The van der Waals surface area contributed by atoms with Gasteiger partial charge in [-0.2, -0.15) is 0 Å². The summed E-state index contributed by atoms with van der Waals surface area (Å²) in [5.41, 5.74) is 2.94. The van der Waals surface area contributed by atoms with Crippen LogP contribution in [-0.2, 0) is 10.6 Å². The van der Waals surface area contributed by atoms with E-state index in [4.69, 9.17) is 0 Å². The van der Waals surface area contributed by atoms with Crippen LogP contribution in [0.2, 0.25) is 0 Å². The van der Waals surface area contributed by atoms with Crippen LogP contribution in [0, 0.1) is 0 Å². The van der Waals surface area contributed by atoms with Crippen molar-refractivity contribution < 1.29 is 0 Å². The lowest BCUT2D eigenvalue weighted by Crippen LogP contribution is -2.37. The molecule has 0 aliphatic carbocycles. The van der Waals surface area contributed by atoms with Crippen molar-refractivity contribution in [3.63, 3.8) is 0 Å². The Hall–Kier alpha value is -1.07. The van der Waals surface area contributed by atoms with Crippen molar-refractivity contribution in [3.8, 4) is 0 Å². The molecule has 2 aromatic rings. The molecule has 0 aliphatic rings. The van der Waals surface area contributed by atoms with Gasteiger partial charge in [-0.15, -0.1) is 0 Å². The smallest absolute Gasteiger partial charge is 0.381 e. The van der Waals surface area contributed by atoms with Gasteiger partial charge in [0.15, 0.2) is 0 Å². The van der Waals surface area contributed by atoms with E-state index >= 15 is 0 Å². The summed E-state index contributed by atoms with van der Waals surface area (Å²) in [6.07, 6.45) is 0. The number of nitrogens with zero attached hydrogens (tertiary/aromatic N) is 1. The number of hydrogen-bond acceptors (Lipinski definition) is 1. The van der Waals surface area contributed by atoms with Crippen LogP contribution >= 0.6 is 0 Å². The van der Waals surface area contributed by atoms with Crippen molar-refractivity contribution in [2.75, 3.05) is 14.1 Å². The predicted octanol–water partition coefficient (Wildman–Crippen LogP) is 3.10. The lowest BCUT2D eigenvalue weighted by molar-refractivity contribution is 0.630.